The first-order valence-corrected chi connectivity index (χ1v) is 5.18. The van der Waals surface area contributed by atoms with E-state index in [2.05, 4.69) is 0 Å². The SMILES string of the molecule is COc1ccc(-c2cccc(C(=O)O)c2)cc1. The summed E-state index contributed by atoms with van der Waals surface area (Å²) in [7, 11) is 1.61. The Morgan fingerprint density at radius 1 is 1.06 bits per heavy atom. The summed E-state index contributed by atoms with van der Waals surface area (Å²) in [5, 5.41) is 8.92. The van der Waals surface area contributed by atoms with Crippen LogP contribution in [0.25, 0.3) is 11.1 Å². The molecule has 0 heterocycles. The number of ether oxygens (including phenoxy) is 1. The number of methoxy groups -OCH3 is 1. The van der Waals surface area contributed by atoms with E-state index in [1.54, 1.807) is 25.3 Å². The van der Waals surface area contributed by atoms with Gasteiger partial charge in [-0.3, -0.25) is 0 Å². The molecule has 17 heavy (non-hydrogen) atoms. The molecule has 0 radical (unpaired) electrons. The zero-order chi connectivity index (χ0) is 12.3. The lowest BCUT2D eigenvalue weighted by Crippen LogP contribution is -1.95. The predicted octanol–water partition coefficient (Wildman–Crippen LogP) is 3.06. The highest BCUT2D eigenvalue weighted by Crippen LogP contribution is 2.23. The van der Waals surface area contributed by atoms with E-state index in [1.807, 2.05) is 30.3 Å². The highest BCUT2D eigenvalue weighted by molar-refractivity contribution is 5.89. The second-order valence-corrected chi connectivity index (χ2v) is 3.61. The number of aromatic carboxylic acids is 1. The highest BCUT2D eigenvalue weighted by Gasteiger charge is 2.04. The van der Waals surface area contributed by atoms with Crippen LogP contribution in [0, 0.1) is 0 Å². The second-order valence-electron chi connectivity index (χ2n) is 3.61. The fraction of sp³-hybridized carbons (Fsp3) is 0.0714. The van der Waals surface area contributed by atoms with Gasteiger partial charge < -0.3 is 9.84 Å². The lowest BCUT2D eigenvalue weighted by molar-refractivity contribution is 0.0697. The molecule has 0 aliphatic rings. The lowest BCUT2D eigenvalue weighted by Gasteiger charge is -2.04. The maximum Gasteiger partial charge on any atom is 0.335 e. The van der Waals surface area contributed by atoms with Crippen molar-refractivity contribution in [3.63, 3.8) is 0 Å². The van der Waals surface area contributed by atoms with Gasteiger partial charge in [0.2, 0.25) is 0 Å². The summed E-state index contributed by atoms with van der Waals surface area (Å²) in [4.78, 5) is 10.9. The number of benzene rings is 2. The van der Waals surface area contributed by atoms with Crippen LogP contribution in [0.2, 0.25) is 0 Å². The minimum Gasteiger partial charge on any atom is -0.497 e. The van der Waals surface area contributed by atoms with Crippen molar-refractivity contribution < 1.29 is 14.6 Å². The van der Waals surface area contributed by atoms with Crippen LogP contribution >= 0.6 is 0 Å². The van der Waals surface area contributed by atoms with E-state index in [4.69, 9.17) is 9.84 Å². The van der Waals surface area contributed by atoms with Crippen molar-refractivity contribution in [2.75, 3.05) is 7.11 Å². The quantitative estimate of drug-likeness (QED) is 0.878. The number of hydrogen-bond donors (Lipinski definition) is 1. The molecule has 0 fully saturated rings. The van der Waals surface area contributed by atoms with E-state index in [9.17, 15) is 4.79 Å². The minimum atomic E-state index is -0.916. The summed E-state index contributed by atoms with van der Waals surface area (Å²) in [5.41, 5.74) is 2.14. The van der Waals surface area contributed by atoms with Gasteiger partial charge in [0.15, 0.2) is 0 Å². The third-order valence-electron chi connectivity index (χ3n) is 2.53. The Morgan fingerprint density at radius 3 is 2.35 bits per heavy atom. The molecule has 0 aliphatic heterocycles. The molecular formula is C14H12O3. The van der Waals surface area contributed by atoms with E-state index >= 15 is 0 Å². The zero-order valence-electron chi connectivity index (χ0n) is 9.38. The van der Waals surface area contributed by atoms with Crippen LogP contribution < -0.4 is 4.74 Å². The van der Waals surface area contributed by atoms with Crippen LogP contribution in [0.1, 0.15) is 10.4 Å². The molecule has 2 rings (SSSR count). The largest absolute Gasteiger partial charge is 0.497 e. The first-order valence-electron chi connectivity index (χ1n) is 5.18. The molecule has 86 valence electrons. The van der Waals surface area contributed by atoms with E-state index in [0.717, 1.165) is 16.9 Å². The summed E-state index contributed by atoms with van der Waals surface area (Å²) in [6.07, 6.45) is 0. The monoisotopic (exact) mass is 228 g/mol. The van der Waals surface area contributed by atoms with Gasteiger partial charge >= 0.3 is 5.97 Å². The number of hydrogen-bond acceptors (Lipinski definition) is 2. The molecule has 2 aromatic rings. The molecule has 0 aliphatic carbocycles. The Labute approximate surface area is 99.3 Å². The molecule has 0 saturated heterocycles. The van der Waals surface area contributed by atoms with E-state index in [1.165, 1.54) is 0 Å². The maximum atomic E-state index is 10.9. The molecule has 0 saturated carbocycles. The molecule has 0 atom stereocenters. The Hall–Kier alpha value is -2.29. The van der Waals surface area contributed by atoms with Gasteiger partial charge in [-0.25, -0.2) is 4.79 Å². The molecule has 3 nitrogen and oxygen atoms in total. The van der Waals surface area contributed by atoms with Crippen molar-refractivity contribution in [1.82, 2.24) is 0 Å². The number of carboxylic acid groups (broad SMARTS) is 1. The Kier molecular flexibility index (Phi) is 3.10. The molecule has 0 spiro atoms. The summed E-state index contributed by atoms with van der Waals surface area (Å²) >= 11 is 0. The van der Waals surface area contributed by atoms with Crippen molar-refractivity contribution in [1.29, 1.82) is 0 Å². The van der Waals surface area contributed by atoms with Gasteiger partial charge in [-0.05, 0) is 35.4 Å². The maximum absolute atomic E-state index is 10.9. The fourth-order valence-corrected chi connectivity index (χ4v) is 1.62. The average Bonchev–Trinajstić information content (AvgIpc) is 2.39. The van der Waals surface area contributed by atoms with E-state index in [0.29, 0.717) is 5.56 Å². The second kappa shape index (κ2) is 4.70. The Morgan fingerprint density at radius 2 is 1.76 bits per heavy atom. The van der Waals surface area contributed by atoms with Gasteiger partial charge in [-0.1, -0.05) is 24.3 Å². The molecular weight excluding hydrogens is 216 g/mol. The molecule has 1 N–H and O–H groups in total. The van der Waals surface area contributed by atoms with E-state index < -0.39 is 5.97 Å². The number of carbonyl (C=O) groups is 1. The Bertz CT molecular complexity index is 529. The summed E-state index contributed by atoms with van der Waals surface area (Å²) < 4.78 is 5.07. The molecule has 0 unspecified atom stereocenters. The van der Waals surface area contributed by atoms with Crippen LogP contribution in [0.15, 0.2) is 48.5 Å². The lowest BCUT2D eigenvalue weighted by atomic mass is 10.0. The summed E-state index contributed by atoms with van der Waals surface area (Å²) in [5.74, 6) is -0.136. The smallest absolute Gasteiger partial charge is 0.335 e. The van der Waals surface area contributed by atoms with Gasteiger partial charge in [0.05, 0.1) is 12.7 Å². The summed E-state index contributed by atoms with van der Waals surface area (Å²) in [6.45, 7) is 0. The molecule has 0 bridgehead atoms. The molecule has 0 amide bonds. The van der Waals surface area contributed by atoms with Gasteiger partial charge in [0, 0.05) is 0 Å². The number of carboxylic acids is 1. The zero-order valence-corrected chi connectivity index (χ0v) is 9.38. The van der Waals surface area contributed by atoms with E-state index in [-0.39, 0.29) is 0 Å². The predicted molar refractivity (Wildman–Crippen MR) is 65.4 cm³/mol. The minimum absolute atomic E-state index is 0.290. The topological polar surface area (TPSA) is 46.5 Å². The van der Waals surface area contributed by atoms with Crippen LogP contribution in [0.5, 0.6) is 5.75 Å². The molecule has 3 heteroatoms. The first kappa shape index (κ1) is 11.2. The van der Waals surface area contributed by atoms with Crippen molar-refractivity contribution >= 4 is 5.97 Å². The van der Waals surface area contributed by atoms with Crippen LogP contribution in [-0.2, 0) is 0 Å². The standard InChI is InChI=1S/C14H12O3/c1-17-13-7-5-10(6-8-13)11-3-2-4-12(9-11)14(15)16/h2-9H,1H3,(H,15,16). The molecule has 0 aromatic heterocycles. The Balaban J connectivity index is 2.38. The highest BCUT2D eigenvalue weighted by atomic mass is 16.5. The molecule has 2 aromatic carbocycles. The summed E-state index contributed by atoms with van der Waals surface area (Å²) in [6, 6.07) is 14.4. The van der Waals surface area contributed by atoms with Crippen molar-refractivity contribution in [2.45, 2.75) is 0 Å². The van der Waals surface area contributed by atoms with Crippen LogP contribution in [0.4, 0.5) is 0 Å². The van der Waals surface area contributed by atoms with Crippen molar-refractivity contribution in [3.8, 4) is 16.9 Å². The van der Waals surface area contributed by atoms with Gasteiger partial charge in [0.1, 0.15) is 5.75 Å². The first-order chi connectivity index (χ1) is 8.20. The van der Waals surface area contributed by atoms with Gasteiger partial charge in [-0.2, -0.15) is 0 Å². The van der Waals surface area contributed by atoms with Gasteiger partial charge in [0.25, 0.3) is 0 Å². The normalized spacial score (nSPS) is 9.94. The van der Waals surface area contributed by atoms with Gasteiger partial charge in [-0.15, -0.1) is 0 Å². The van der Waals surface area contributed by atoms with Crippen LogP contribution in [0.3, 0.4) is 0 Å². The average molecular weight is 228 g/mol. The van der Waals surface area contributed by atoms with Crippen LogP contribution in [-0.4, -0.2) is 18.2 Å². The fourth-order valence-electron chi connectivity index (χ4n) is 1.62. The van der Waals surface area contributed by atoms with Crippen molar-refractivity contribution in [3.05, 3.63) is 54.1 Å². The third kappa shape index (κ3) is 2.45. The van der Waals surface area contributed by atoms with Crippen molar-refractivity contribution in [2.24, 2.45) is 0 Å². The third-order valence-corrected chi connectivity index (χ3v) is 2.53. The number of rotatable bonds is 3.